The Kier molecular flexibility index (Phi) is 7.18. The van der Waals surface area contributed by atoms with Gasteiger partial charge in [-0.2, -0.15) is 0 Å². The molecule has 0 saturated heterocycles. The zero-order chi connectivity index (χ0) is 14.3. The van der Waals surface area contributed by atoms with Gasteiger partial charge in [0.2, 0.25) is 0 Å². The molecule has 2 aromatic rings. The number of rotatable bonds is 1. The van der Waals surface area contributed by atoms with Crippen LogP contribution in [0.5, 0.6) is 0 Å². The van der Waals surface area contributed by atoms with Gasteiger partial charge in [0.05, 0.1) is 12.0 Å². The van der Waals surface area contributed by atoms with Crippen molar-refractivity contribution in [2.75, 3.05) is 19.0 Å². The maximum atomic E-state index is 5.47. The molecular weight excluding hydrogens is 222 g/mol. The molecule has 2 rings (SSSR count). The fraction of sp³-hybridized carbons (Fsp3) is 0.500. The molecule has 0 saturated carbocycles. The lowest BCUT2D eigenvalue weighted by atomic mass is 10.1. The number of fused-ring (bicyclic) bond motifs is 1. The van der Waals surface area contributed by atoms with Gasteiger partial charge in [0, 0.05) is 19.5 Å². The highest BCUT2D eigenvalue weighted by Gasteiger charge is 2.10. The van der Waals surface area contributed by atoms with E-state index in [0.29, 0.717) is 0 Å². The summed E-state index contributed by atoms with van der Waals surface area (Å²) in [6.07, 6.45) is 1.75. The van der Waals surface area contributed by atoms with Crippen LogP contribution in [-0.4, -0.2) is 14.1 Å². The quantitative estimate of drug-likeness (QED) is 0.693. The summed E-state index contributed by atoms with van der Waals surface area (Å²) in [4.78, 5) is 2.13. The minimum absolute atomic E-state index is 0.999. The normalized spacial score (nSPS) is 9.11. The first-order valence-corrected chi connectivity index (χ1v) is 6.76. The van der Waals surface area contributed by atoms with E-state index in [1.807, 2.05) is 33.8 Å². The lowest BCUT2D eigenvalue weighted by Gasteiger charge is -2.17. The monoisotopic (exact) mass is 249 g/mol. The number of anilines is 1. The lowest BCUT2D eigenvalue weighted by molar-refractivity contribution is 0.613. The molecule has 0 aliphatic heterocycles. The van der Waals surface area contributed by atoms with Gasteiger partial charge in [-0.15, -0.1) is 0 Å². The molecule has 1 heterocycles. The fourth-order valence-electron chi connectivity index (χ4n) is 2.07. The Morgan fingerprint density at radius 1 is 0.944 bits per heavy atom. The number of hydrogen-bond donors (Lipinski definition) is 0. The molecule has 18 heavy (non-hydrogen) atoms. The molecule has 102 valence electrons. The van der Waals surface area contributed by atoms with E-state index in [9.17, 15) is 0 Å². The molecule has 2 heteroatoms. The van der Waals surface area contributed by atoms with Crippen LogP contribution >= 0.6 is 0 Å². The Hall–Kier alpha value is -1.44. The van der Waals surface area contributed by atoms with Gasteiger partial charge in [-0.1, -0.05) is 33.8 Å². The second-order valence-corrected chi connectivity index (χ2v) is 3.92. The first-order valence-electron chi connectivity index (χ1n) is 6.76. The van der Waals surface area contributed by atoms with Gasteiger partial charge >= 0.3 is 0 Å². The van der Waals surface area contributed by atoms with Crippen LogP contribution in [0.2, 0.25) is 0 Å². The van der Waals surface area contributed by atoms with Crippen molar-refractivity contribution in [2.45, 2.75) is 41.5 Å². The van der Waals surface area contributed by atoms with Crippen LogP contribution in [0.1, 0.15) is 38.8 Å². The smallest absolute Gasteiger partial charge is 0.138 e. The van der Waals surface area contributed by atoms with Crippen molar-refractivity contribution in [2.24, 2.45) is 0 Å². The number of nitrogens with zero attached hydrogens (tertiary/aromatic N) is 1. The third-order valence-corrected chi connectivity index (χ3v) is 2.53. The van der Waals surface area contributed by atoms with E-state index in [-0.39, 0.29) is 0 Å². The van der Waals surface area contributed by atoms with Gasteiger partial charge < -0.3 is 9.32 Å². The summed E-state index contributed by atoms with van der Waals surface area (Å²) in [5.41, 5.74) is 4.74. The van der Waals surface area contributed by atoms with Crippen molar-refractivity contribution in [3.05, 3.63) is 29.5 Å². The molecule has 0 aliphatic rings. The molecule has 0 bridgehead atoms. The predicted molar refractivity (Wildman–Crippen MR) is 82.7 cm³/mol. The largest absolute Gasteiger partial charge is 0.464 e. The summed E-state index contributed by atoms with van der Waals surface area (Å²) >= 11 is 0. The van der Waals surface area contributed by atoms with Crippen LogP contribution in [0.25, 0.3) is 11.0 Å². The van der Waals surface area contributed by atoms with Crippen LogP contribution < -0.4 is 4.90 Å². The number of benzene rings is 1. The van der Waals surface area contributed by atoms with Crippen LogP contribution in [0.4, 0.5) is 5.69 Å². The fourth-order valence-corrected chi connectivity index (χ4v) is 2.07. The van der Waals surface area contributed by atoms with E-state index in [1.165, 1.54) is 22.2 Å². The molecular formula is C16H27NO. The molecule has 0 atom stereocenters. The lowest BCUT2D eigenvalue weighted by Crippen LogP contribution is -2.10. The summed E-state index contributed by atoms with van der Waals surface area (Å²) in [6, 6.07) is 4.20. The molecule has 0 fully saturated rings. The van der Waals surface area contributed by atoms with E-state index in [4.69, 9.17) is 4.42 Å². The zero-order valence-electron chi connectivity index (χ0n) is 13.1. The highest BCUT2D eigenvalue weighted by Crippen LogP contribution is 2.32. The van der Waals surface area contributed by atoms with Crippen molar-refractivity contribution in [3.63, 3.8) is 0 Å². The van der Waals surface area contributed by atoms with Crippen LogP contribution in [0, 0.1) is 13.8 Å². The van der Waals surface area contributed by atoms with Gasteiger partial charge in [-0.3, -0.25) is 0 Å². The molecule has 1 aromatic heterocycles. The zero-order valence-corrected chi connectivity index (χ0v) is 13.1. The van der Waals surface area contributed by atoms with E-state index >= 15 is 0 Å². The number of furan rings is 1. The maximum Gasteiger partial charge on any atom is 0.138 e. The van der Waals surface area contributed by atoms with Crippen molar-refractivity contribution < 1.29 is 4.42 Å². The standard InChI is InChI=1S/C12H15NO.2C2H6/c1-8-7-9(2)12-10(5-6-14-12)11(8)13(3)4;2*1-2/h5-7H,1-4H3;2*1-2H3. The van der Waals surface area contributed by atoms with Gasteiger partial charge in [-0.05, 0) is 31.0 Å². The summed E-state index contributed by atoms with van der Waals surface area (Å²) < 4.78 is 5.47. The number of hydrogen-bond acceptors (Lipinski definition) is 2. The topological polar surface area (TPSA) is 16.4 Å². The first kappa shape index (κ1) is 16.6. The average Bonchev–Trinajstić information content (AvgIpc) is 2.83. The van der Waals surface area contributed by atoms with Gasteiger partial charge in [0.15, 0.2) is 0 Å². The summed E-state index contributed by atoms with van der Waals surface area (Å²) in [5.74, 6) is 0. The van der Waals surface area contributed by atoms with Crippen LogP contribution in [0.15, 0.2) is 22.8 Å². The molecule has 0 unspecified atom stereocenters. The van der Waals surface area contributed by atoms with Crippen molar-refractivity contribution in [1.29, 1.82) is 0 Å². The summed E-state index contributed by atoms with van der Waals surface area (Å²) in [6.45, 7) is 12.2. The second-order valence-electron chi connectivity index (χ2n) is 3.92. The first-order chi connectivity index (χ1) is 8.61. The molecule has 0 aliphatic carbocycles. The molecule has 1 aromatic carbocycles. The number of aryl methyl sites for hydroxylation is 2. The van der Waals surface area contributed by atoms with Crippen LogP contribution in [0.3, 0.4) is 0 Å². The highest BCUT2D eigenvalue weighted by molar-refractivity contribution is 5.94. The minimum atomic E-state index is 0.999. The summed E-state index contributed by atoms with van der Waals surface area (Å²) in [5, 5.41) is 1.20. The van der Waals surface area contributed by atoms with E-state index in [2.05, 4.69) is 38.9 Å². The third kappa shape index (κ3) is 3.28. The SMILES string of the molecule is CC.CC.Cc1cc(C)c2occc2c1N(C)C. The van der Waals surface area contributed by atoms with Gasteiger partial charge in [0.1, 0.15) is 5.58 Å². The molecule has 2 nitrogen and oxygen atoms in total. The molecule has 0 spiro atoms. The van der Waals surface area contributed by atoms with Gasteiger partial charge in [0.25, 0.3) is 0 Å². The predicted octanol–water partition coefficient (Wildman–Crippen LogP) is 5.17. The Morgan fingerprint density at radius 3 is 2.00 bits per heavy atom. The Bertz CT molecular complexity index is 469. The van der Waals surface area contributed by atoms with Crippen molar-refractivity contribution in [3.8, 4) is 0 Å². The van der Waals surface area contributed by atoms with Gasteiger partial charge in [-0.25, -0.2) is 0 Å². The minimum Gasteiger partial charge on any atom is -0.464 e. The molecule has 0 amide bonds. The molecule has 0 radical (unpaired) electrons. The van der Waals surface area contributed by atoms with Crippen molar-refractivity contribution in [1.82, 2.24) is 0 Å². The Balaban J connectivity index is 0.000000659. The van der Waals surface area contributed by atoms with E-state index < -0.39 is 0 Å². The van der Waals surface area contributed by atoms with E-state index in [1.54, 1.807) is 6.26 Å². The Labute approximate surface area is 112 Å². The van der Waals surface area contributed by atoms with Crippen molar-refractivity contribution >= 4 is 16.7 Å². The third-order valence-electron chi connectivity index (χ3n) is 2.53. The summed E-state index contributed by atoms with van der Waals surface area (Å²) in [7, 11) is 4.12. The maximum absolute atomic E-state index is 5.47. The molecule has 0 N–H and O–H groups in total. The highest BCUT2D eigenvalue weighted by atomic mass is 16.3. The average molecular weight is 249 g/mol. The Morgan fingerprint density at radius 2 is 1.50 bits per heavy atom. The van der Waals surface area contributed by atoms with E-state index in [0.717, 1.165) is 5.58 Å². The second kappa shape index (κ2) is 7.80. The van der Waals surface area contributed by atoms with Crippen LogP contribution in [-0.2, 0) is 0 Å².